The van der Waals surface area contributed by atoms with Gasteiger partial charge in [0.1, 0.15) is 11.6 Å². The molecule has 0 amide bonds. The summed E-state index contributed by atoms with van der Waals surface area (Å²) in [5, 5.41) is 8.94. The normalized spacial score (nSPS) is 12.4. The van der Waals surface area contributed by atoms with Crippen molar-refractivity contribution < 1.29 is 9.90 Å². The molecule has 0 radical (unpaired) electrons. The molecule has 0 bridgehead atoms. The number of hydrogen-bond donors (Lipinski definition) is 3. The zero-order valence-corrected chi connectivity index (χ0v) is 12.3. The molecule has 1 aromatic carbocycles. The van der Waals surface area contributed by atoms with Gasteiger partial charge in [0.25, 0.3) is 0 Å². The van der Waals surface area contributed by atoms with E-state index >= 15 is 0 Å². The first-order chi connectivity index (χ1) is 11.0. The molecule has 1 atom stereocenters. The van der Waals surface area contributed by atoms with Gasteiger partial charge in [0.2, 0.25) is 5.95 Å². The van der Waals surface area contributed by atoms with Crippen molar-refractivity contribution in [3.63, 3.8) is 0 Å². The number of aromatic nitrogens is 4. The van der Waals surface area contributed by atoms with Crippen molar-refractivity contribution in [2.75, 3.05) is 5.73 Å². The Morgan fingerprint density at radius 3 is 2.70 bits per heavy atom. The van der Waals surface area contributed by atoms with Crippen molar-refractivity contribution in [2.45, 2.75) is 19.0 Å². The predicted molar refractivity (Wildman–Crippen MR) is 84.6 cm³/mol. The number of carbonyl (C=O) groups is 1. The Balaban J connectivity index is 2.00. The van der Waals surface area contributed by atoms with Crippen molar-refractivity contribution in [1.82, 2.24) is 19.5 Å². The number of benzene rings is 1. The summed E-state index contributed by atoms with van der Waals surface area (Å²) in [5.74, 6) is -0.965. The van der Waals surface area contributed by atoms with Crippen LogP contribution in [-0.4, -0.2) is 36.6 Å². The molecule has 3 aromatic rings. The zero-order chi connectivity index (χ0) is 16.4. The molecular weight excluding hydrogens is 296 g/mol. The standard InChI is InChI=1S/C15H16N6O2/c16-10(14(22)23)7-21-8-18-12-11(19-15(17)20-13(12)21)6-9-4-2-1-3-5-9/h1-5,8,10H,6-7,16H2,(H,22,23)(H2,17,19,20)/t10-/m0/s1. The molecule has 0 saturated heterocycles. The highest BCUT2D eigenvalue weighted by Crippen LogP contribution is 2.18. The van der Waals surface area contributed by atoms with E-state index in [0.717, 1.165) is 5.56 Å². The lowest BCUT2D eigenvalue weighted by Gasteiger charge is -2.08. The summed E-state index contributed by atoms with van der Waals surface area (Å²) in [6, 6.07) is 8.77. The maximum Gasteiger partial charge on any atom is 0.322 e. The summed E-state index contributed by atoms with van der Waals surface area (Å²) in [5.41, 5.74) is 14.2. The topological polar surface area (TPSA) is 133 Å². The molecule has 8 heteroatoms. The van der Waals surface area contributed by atoms with E-state index in [0.29, 0.717) is 23.3 Å². The first-order valence-electron chi connectivity index (χ1n) is 7.04. The number of nitrogens with zero attached hydrogens (tertiary/aromatic N) is 4. The third-order valence-electron chi connectivity index (χ3n) is 3.48. The zero-order valence-electron chi connectivity index (χ0n) is 12.3. The first kappa shape index (κ1) is 14.9. The number of aliphatic carboxylic acids is 1. The molecule has 0 aliphatic rings. The highest BCUT2D eigenvalue weighted by atomic mass is 16.4. The van der Waals surface area contributed by atoms with Crippen LogP contribution in [0.4, 0.5) is 5.95 Å². The molecule has 0 aliphatic heterocycles. The van der Waals surface area contributed by atoms with Crippen LogP contribution in [0.1, 0.15) is 11.3 Å². The van der Waals surface area contributed by atoms with E-state index in [2.05, 4.69) is 15.0 Å². The van der Waals surface area contributed by atoms with E-state index in [-0.39, 0.29) is 12.5 Å². The fourth-order valence-corrected chi connectivity index (χ4v) is 2.36. The van der Waals surface area contributed by atoms with Gasteiger partial charge in [0.05, 0.1) is 18.6 Å². The van der Waals surface area contributed by atoms with Gasteiger partial charge in [-0.3, -0.25) is 4.79 Å². The third kappa shape index (κ3) is 3.11. The quantitative estimate of drug-likeness (QED) is 0.621. The van der Waals surface area contributed by atoms with E-state index in [1.54, 1.807) is 4.57 Å². The van der Waals surface area contributed by atoms with Gasteiger partial charge in [0, 0.05) is 6.42 Å². The van der Waals surface area contributed by atoms with E-state index < -0.39 is 12.0 Å². The highest BCUT2D eigenvalue weighted by Gasteiger charge is 2.17. The SMILES string of the molecule is Nc1nc(Cc2ccccc2)c2ncn(C[C@H](N)C(=O)O)c2n1. The molecule has 5 N–H and O–H groups in total. The van der Waals surface area contributed by atoms with Gasteiger partial charge in [-0.15, -0.1) is 0 Å². The second-order valence-corrected chi connectivity index (χ2v) is 5.20. The molecule has 8 nitrogen and oxygen atoms in total. The van der Waals surface area contributed by atoms with Gasteiger partial charge in [-0.05, 0) is 5.56 Å². The van der Waals surface area contributed by atoms with E-state index in [4.69, 9.17) is 16.6 Å². The summed E-state index contributed by atoms with van der Waals surface area (Å²) in [6.45, 7) is 0.0626. The van der Waals surface area contributed by atoms with Gasteiger partial charge < -0.3 is 21.1 Å². The summed E-state index contributed by atoms with van der Waals surface area (Å²) < 4.78 is 1.58. The monoisotopic (exact) mass is 312 g/mol. The summed E-state index contributed by atoms with van der Waals surface area (Å²) in [7, 11) is 0. The molecule has 0 saturated carbocycles. The molecule has 0 spiro atoms. The average Bonchev–Trinajstić information content (AvgIpc) is 2.91. The fraction of sp³-hybridized carbons (Fsp3) is 0.200. The van der Waals surface area contributed by atoms with Crippen LogP contribution >= 0.6 is 0 Å². The molecule has 3 rings (SSSR count). The van der Waals surface area contributed by atoms with E-state index in [9.17, 15) is 4.79 Å². The van der Waals surface area contributed by atoms with Crippen LogP contribution in [0.5, 0.6) is 0 Å². The van der Waals surface area contributed by atoms with Gasteiger partial charge in [-0.2, -0.15) is 4.98 Å². The van der Waals surface area contributed by atoms with Crippen LogP contribution in [0.15, 0.2) is 36.7 Å². The van der Waals surface area contributed by atoms with E-state index in [1.165, 1.54) is 6.33 Å². The van der Waals surface area contributed by atoms with Crippen LogP contribution in [0, 0.1) is 0 Å². The number of nitrogen functional groups attached to an aromatic ring is 1. The average molecular weight is 312 g/mol. The lowest BCUT2D eigenvalue weighted by molar-refractivity contribution is -0.138. The van der Waals surface area contributed by atoms with Crippen LogP contribution in [0.25, 0.3) is 11.2 Å². The van der Waals surface area contributed by atoms with Crippen molar-refractivity contribution in [3.05, 3.63) is 47.9 Å². The fourth-order valence-electron chi connectivity index (χ4n) is 2.36. The molecule has 23 heavy (non-hydrogen) atoms. The number of hydrogen-bond acceptors (Lipinski definition) is 6. The highest BCUT2D eigenvalue weighted by molar-refractivity contribution is 5.76. The number of rotatable bonds is 5. The Morgan fingerprint density at radius 2 is 2.00 bits per heavy atom. The first-order valence-corrected chi connectivity index (χ1v) is 7.04. The van der Waals surface area contributed by atoms with Gasteiger partial charge in [-0.25, -0.2) is 9.97 Å². The maximum atomic E-state index is 10.9. The third-order valence-corrected chi connectivity index (χ3v) is 3.48. The lowest BCUT2D eigenvalue weighted by atomic mass is 10.1. The van der Waals surface area contributed by atoms with Gasteiger partial charge in [-0.1, -0.05) is 30.3 Å². The Kier molecular flexibility index (Phi) is 3.90. The minimum Gasteiger partial charge on any atom is -0.480 e. The number of imidazole rings is 1. The minimum absolute atomic E-state index is 0.0626. The molecule has 0 unspecified atom stereocenters. The Labute approximate surface area is 131 Å². The Hall–Kier alpha value is -3.00. The summed E-state index contributed by atoms with van der Waals surface area (Å²) >= 11 is 0. The van der Waals surface area contributed by atoms with Crippen molar-refractivity contribution in [2.24, 2.45) is 5.73 Å². The maximum absolute atomic E-state index is 10.9. The minimum atomic E-state index is -1.08. The lowest BCUT2D eigenvalue weighted by Crippen LogP contribution is -2.34. The summed E-state index contributed by atoms with van der Waals surface area (Å²) in [4.78, 5) is 23.7. The van der Waals surface area contributed by atoms with Crippen molar-refractivity contribution >= 4 is 23.1 Å². The second-order valence-electron chi connectivity index (χ2n) is 5.20. The number of nitrogens with two attached hydrogens (primary N) is 2. The van der Waals surface area contributed by atoms with Crippen LogP contribution in [-0.2, 0) is 17.8 Å². The number of carboxylic acid groups (broad SMARTS) is 1. The van der Waals surface area contributed by atoms with Gasteiger partial charge >= 0.3 is 5.97 Å². The number of carboxylic acids is 1. The molecule has 0 aliphatic carbocycles. The largest absolute Gasteiger partial charge is 0.480 e. The Morgan fingerprint density at radius 1 is 1.26 bits per heavy atom. The number of anilines is 1. The second kappa shape index (κ2) is 6.01. The van der Waals surface area contributed by atoms with Crippen molar-refractivity contribution in [3.8, 4) is 0 Å². The number of fused-ring (bicyclic) bond motifs is 1. The molecular formula is C15H16N6O2. The van der Waals surface area contributed by atoms with Crippen molar-refractivity contribution in [1.29, 1.82) is 0 Å². The summed E-state index contributed by atoms with van der Waals surface area (Å²) in [6.07, 6.45) is 2.07. The smallest absolute Gasteiger partial charge is 0.322 e. The molecule has 2 heterocycles. The molecule has 118 valence electrons. The van der Waals surface area contributed by atoms with E-state index in [1.807, 2.05) is 30.3 Å². The van der Waals surface area contributed by atoms with Crippen LogP contribution in [0.3, 0.4) is 0 Å². The molecule has 2 aromatic heterocycles. The van der Waals surface area contributed by atoms with Crippen LogP contribution < -0.4 is 11.5 Å². The Bertz CT molecular complexity index is 846. The molecule has 0 fully saturated rings. The van der Waals surface area contributed by atoms with Gasteiger partial charge in [0.15, 0.2) is 5.65 Å². The predicted octanol–water partition coefficient (Wildman–Crippen LogP) is 0.411. The van der Waals surface area contributed by atoms with Crippen LogP contribution in [0.2, 0.25) is 0 Å².